The molecule has 1 aliphatic rings. The molecule has 0 amide bonds. The average molecular weight is 676 g/mol. The molecule has 2 aromatic carbocycles. The molecule has 14 heteroatoms. The van der Waals surface area contributed by atoms with Crippen molar-refractivity contribution in [1.29, 1.82) is 0 Å². The second-order valence-corrected chi connectivity index (χ2v) is 11.7. The Hall–Kier alpha value is -5.50. The second-order valence-electron chi connectivity index (χ2n) is 10.7. The van der Waals surface area contributed by atoms with Gasteiger partial charge in [0, 0.05) is 12.1 Å². The molecule has 5 rings (SSSR count). The lowest BCUT2D eigenvalue weighted by atomic mass is 9.95. The molecule has 0 saturated carbocycles. The van der Waals surface area contributed by atoms with Gasteiger partial charge >= 0.3 is 11.9 Å². The number of hydrogen-bond donors (Lipinski definition) is 0. The van der Waals surface area contributed by atoms with E-state index in [0.717, 1.165) is 22.5 Å². The molecule has 13 nitrogen and oxygen atoms in total. The Kier molecular flexibility index (Phi) is 9.94. The summed E-state index contributed by atoms with van der Waals surface area (Å²) in [5.74, 6) is -0.0660. The molecule has 0 fully saturated rings. The van der Waals surface area contributed by atoms with Crippen LogP contribution in [0.1, 0.15) is 49.3 Å². The zero-order valence-electron chi connectivity index (χ0n) is 27.1. The normalized spacial score (nSPS) is 14.3. The number of nitrogens with zero attached hydrogens (tertiary/aromatic N) is 3. The maximum absolute atomic E-state index is 14.1. The third-order valence-electron chi connectivity index (χ3n) is 7.65. The van der Waals surface area contributed by atoms with E-state index in [1.54, 1.807) is 64.1 Å². The molecule has 0 unspecified atom stereocenters. The Labute approximate surface area is 278 Å². The number of benzene rings is 2. The third-order valence-corrected chi connectivity index (χ3v) is 8.63. The summed E-state index contributed by atoms with van der Waals surface area (Å²) in [6.07, 6.45) is 1.54. The maximum atomic E-state index is 14.1. The zero-order valence-corrected chi connectivity index (χ0v) is 28.0. The van der Waals surface area contributed by atoms with Crippen LogP contribution in [0.2, 0.25) is 0 Å². The van der Waals surface area contributed by atoms with Crippen molar-refractivity contribution in [2.24, 2.45) is 4.99 Å². The first-order valence-corrected chi connectivity index (χ1v) is 15.8. The molecular formula is C34H33N3O10S. The summed E-state index contributed by atoms with van der Waals surface area (Å²) in [5, 5.41) is 11.8. The molecule has 2 aromatic heterocycles. The predicted molar refractivity (Wildman–Crippen MR) is 176 cm³/mol. The summed E-state index contributed by atoms with van der Waals surface area (Å²) in [6.45, 7) is 8.83. The van der Waals surface area contributed by atoms with Crippen molar-refractivity contribution in [3.63, 3.8) is 0 Å². The van der Waals surface area contributed by atoms with Crippen LogP contribution in [0.4, 0.5) is 5.69 Å². The second kappa shape index (κ2) is 14.1. The Balaban J connectivity index is 1.63. The van der Waals surface area contributed by atoms with Crippen LogP contribution in [0.15, 0.2) is 67.9 Å². The summed E-state index contributed by atoms with van der Waals surface area (Å²) in [4.78, 5) is 55.4. The van der Waals surface area contributed by atoms with Crippen LogP contribution in [-0.4, -0.2) is 48.4 Å². The summed E-state index contributed by atoms with van der Waals surface area (Å²) in [7, 11) is 1.25. The highest BCUT2D eigenvalue weighted by Gasteiger charge is 2.34. The molecule has 0 N–H and O–H groups in total. The quantitative estimate of drug-likeness (QED) is 0.125. The van der Waals surface area contributed by atoms with Gasteiger partial charge in [0.25, 0.3) is 11.2 Å². The molecule has 0 saturated heterocycles. The van der Waals surface area contributed by atoms with E-state index in [1.165, 1.54) is 23.8 Å². The van der Waals surface area contributed by atoms with Gasteiger partial charge in [0.2, 0.25) is 0 Å². The van der Waals surface area contributed by atoms with Crippen LogP contribution < -0.4 is 24.4 Å². The van der Waals surface area contributed by atoms with Gasteiger partial charge in [-0.3, -0.25) is 19.5 Å². The third kappa shape index (κ3) is 6.65. The minimum Gasteiger partial charge on any atom is -0.490 e. The van der Waals surface area contributed by atoms with E-state index in [1.807, 2.05) is 6.92 Å². The van der Waals surface area contributed by atoms with Gasteiger partial charge in [-0.2, -0.15) is 0 Å². The summed E-state index contributed by atoms with van der Waals surface area (Å²) in [6, 6.07) is 10.4. The summed E-state index contributed by atoms with van der Waals surface area (Å²) in [5.41, 5.74) is 2.48. The maximum Gasteiger partial charge on any atom is 0.343 e. The average Bonchev–Trinajstić information content (AvgIpc) is 3.64. The highest BCUT2D eigenvalue weighted by atomic mass is 32.1. The number of fused-ring (bicyclic) bond motifs is 1. The number of nitro benzene ring substituents is 1. The standard InChI is InChI=1S/C34H33N3O10S/c1-7-44-27-15-21(9-11-26(27)46-17-29(38)43-6)31-30(33(40)45-8-2)20(5)35-34-36(31)32(39)28(48-34)16-22-10-12-25(47-22)23-13-18(3)19(4)14-24(23)37(41)42/h9-16,31H,7-8,17H2,1-6H3/b28-16-/t31-/m1/s1. The Morgan fingerprint density at radius 3 is 2.48 bits per heavy atom. The molecule has 250 valence electrons. The van der Waals surface area contributed by atoms with Crippen LogP contribution in [0.5, 0.6) is 11.5 Å². The zero-order chi connectivity index (χ0) is 34.7. The molecule has 0 aliphatic carbocycles. The Morgan fingerprint density at radius 2 is 1.79 bits per heavy atom. The first-order chi connectivity index (χ1) is 23.0. The van der Waals surface area contributed by atoms with E-state index in [9.17, 15) is 24.5 Å². The van der Waals surface area contributed by atoms with Crippen molar-refractivity contribution in [3.05, 3.63) is 106 Å². The Morgan fingerprint density at radius 1 is 1.04 bits per heavy atom. The fraction of sp³-hybridized carbons (Fsp3) is 0.294. The lowest BCUT2D eigenvalue weighted by molar-refractivity contribution is -0.384. The van der Waals surface area contributed by atoms with E-state index < -0.39 is 28.5 Å². The van der Waals surface area contributed by atoms with Gasteiger partial charge in [-0.15, -0.1) is 0 Å². The molecule has 1 aliphatic heterocycles. The van der Waals surface area contributed by atoms with Crippen molar-refractivity contribution < 1.29 is 37.9 Å². The number of esters is 2. The molecule has 3 heterocycles. The van der Waals surface area contributed by atoms with Crippen molar-refractivity contribution in [2.45, 2.75) is 40.7 Å². The number of aromatic nitrogens is 1. The molecular weight excluding hydrogens is 642 g/mol. The van der Waals surface area contributed by atoms with Gasteiger partial charge in [-0.25, -0.2) is 14.6 Å². The molecule has 48 heavy (non-hydrogen) atoms. The van der Waals surface area contributed by atoms with Gasteiger partial charge in [-0.05, 0) is 81.6 Å². The molecule has 1 atom stereocenters. The van der Waals surface area contributed by atoms with Crippen molar-refractivity contribution in [2.75, 3.05) is 26.9 Å². The van der Waals surface area contributed by atoms with E-state index >= 15 is 0 Å². The number of furan rings is 1. The Bertz CT molecular complexity index is 2140. The molecule has 4 aromatic rings. The number of allylic oxidation sites excluding steroid dienone is 1. The minimum atomic E-state index is -0.943. The topological polar surface area (TPSA) is 162 Å². The van der Waals surface area contributed by atoms with E-state index in [0.29, 0.717) is 33.1 Å². The number of aryl methyl sites for hydroxylation is 2. The van der Waals surface area contributed by atoms with Gasteiger partial charge in [0.15, 0.2) is 22.9 Å². The number of ether oxygens (including phenoxy) is 4. The number of carbonyl (C=O) groups excluding carboxylic acids is 2. The first kappa shape index (κ1) is 33.9. The van der Waals surface area contributed by atoms with Crippen molar-refractivity contribution in [1.82, 2.24) is 4.57 Å². The van der Waals surface area contributed by atoms with Crippen LogP contribution >= 0.6 is 11.3 Å². The molecule has 0 radical (unpaired) electrons. The molecule has 0 spiro atoms. The van der Waals surface area contributed by atoms with E-state index in [2.05, 4.69) is 9.73 Å². The summed E-state index contributed by atoms with van der Waals surface area (Å²) < 4.78 is 29.1. The van der Waals surface area contributed by atoms with Crippen LogP contribution in [-0.2, 0) is 19.1 Å². The highest BCUT2D eigenvalue weighted by molar-refractivity contribution is 7.07. The van der Waals surface area contributed by atoms with Crippen molar-refractivity contribution >= 4 is 35.0 Å². The van der Waals surface area contributed by atoms with Gasteiger partial charge in [-0.1, -0.05) is 17.4 Å². The number of thiazole rings is 1. The molecule has 0 bridgehead atoms. The smallest absolute Gasteiger partial charge is 0.343 e. The number of nitro groups is 1. The van der Waals surface area contributed by atoms with Crippen LogP contribution in [0, 0.1) is 24.0 Å². The summed E-state index contributed by atoms with van der Waals surface area (Å²) >= 11 is 1.10. The largest absolute Gasteiger partial charge is 0.490 e. The van der Waals surface area contributed by atoms with Gasteiger partial charge in [0.05, 0.1) is 52.7 Å². The fourth-order valence-corrected chi connectivity index (χ4v) is 6.27. The predicted octanol–water partition coefficient (Wildman–Crippen LogP) is 4.53. The number of hydrogen-bond acceptors (Lipinski definition) is 12. The highest BCUT2D eigenvalue weighted by Crippen LogP contribution is 2.37. The van der Waals surface area contributed by atoms with E-state index in [-0.39, 0.29) is 47.1 Å². The van der Waals surface area contributed by atoms with Crippen LogP contribution in [0.3, 0.4) is 0 Å². The first-order valence-electron chi connectivity index (χ1n) is 15.0. The lowest BCUT2D eigenvalue weighted by Crippen LogP contribution is -2.40. The number of rotatable bonds is 11. The van der Waals surface area contributed by atoms with Crippen molar-refractivity contribution in [3.8, 4) is 22.8 Å². The number of methoxy groups -OCH3 is 1. The number of carbonyl (C=O) groups is 2. The van der Waals surface area contributed by atoms with Gasteiger partial charge in [0.1, 0.15) is 11.5 Å². The van der Waals surface area contributed by atoms with E-state index in [4.69, 9.17) is 18.6 Å². The van der Waals surface area contributed by atoms with Gasteiger partial charge < -0.3 is 23.4 Å². The lowest BCUT2D eigenvalue weighted by Gasteiger charge is -2.25. The van der Waals surface area contributed by atoms with Crippen LogP contribution in [0.25, 0.3) is 17.4 Å². The SMILES string of the molecule is CCOC(=O)C1=C(C)N=c2s/c(=C\c3ccc(-c4cc(C)c(C)cc4[N+](=O)[O-])o3)c(=O)n2[C@@H]1c1ccc(OCC(=O)OC)c(OCC)c1. The fourth-order valence-electron chi connectivity index (χ4n) is 5.24. The monoisotopic (exact) mass is 675 g/mol. The minimum absolute atomic E-state index is 0.0894.